The molecule has 1 heterocycles. The number of halogens is 5. The fraction of sp³-hybridized carbons (Fsp3) is 0.222. The van der Waals surface area contributed by atoms with E-state index in [0.717, 1.165) is 0 Å². The van der Waals surface area contributed by atoms with Crippen molar-refractivity contribution in [3.63, 3.8) is 0 Å². The van der Waals surface area contributed by atoms with Crippen molar-refractivity contribution in [2.24, 2.45) is 0 Å². The summed E-state index contributed by atoms with van der Waals surface area (Å²) < 4.78 is 46.2. The summed E-state index contributed by atoms with van der Waals surface area (Å²) >= 11 is 11.9. The molecule has 1 atom stereocenters. The molecule has 1 unspecified atom stereocenters. The van der Waals surface area contributed by atoms with E-state index in [1.807, 2.05) is 0 Å². The van der Waals surface area contributed by atoms with Crippen LogP contribution in [0.25, 0.3) is 0 Å². The van der Waals surface area contributed by atoms with E-state index in [-0.39, 0.29) is 27.2 Å². The summed E-state index contributed by atoms with van der Waals surface area (Å²) in [4.78, 5) is 25.2. The van der Waals surface area contributed by atoms with Crippen molar-refractivity contribution in [2.45, 2.75) is 18.6 Å². The standard InChI is InChI=1S/C18H13Cl2F3N2O3/c19-10-4-3-5-11(20)17(10)28-9-16(27)25-13-7-2-1-6-12(13)24-15(26)8-14(25)18(21,22)23/h1-7,14H,8-9H2,(H,24,26). The maximum atomic E-state index is 13.6. The van der Waals surface area contributed by atoms with E-state index >= 15 is 0 Å². The number of nitrogens with one attached hydrogen (secondary N) is 1. The van der Waals surface area contributed by atoms with Crippen molar-refractivity contribution in [3.05, 3.63) is 52.5 Å². The summed E-state index contributed by atoms with van der Waals surface area (Å²) in [7, 11) is 0. The fourth-order valence-corrected chi connectivity index (χ4v) is 3.33. The Bertz CT molecular complexity index is 901. The maximum absolute atomic E-state index is 13.6. The van der Waals surface area contributed by atoms with Crippen LogP contribution in [0.4, 0.5) is 24.5 Å². The molecule has 1 N–H and O–H groups in total. The van der Waals surface area contributed by atoms with Crippen molar-refractivity contribution in [2.75, 3.05) is 16.8 Å². The van der Waals surface area contributed by atoms with E-state index < -0.39 is 37.1 Å². The fourth-order valence-electron chi connectivity index (χ4n) is 2.82. The zero-order valence-corrected chi connectivity index (χ0v) is 15.6. The lowest BCUT2D eigenvalue weighted by Gasteiger charge is -2.31. The summed E-state index contributed by atoms with van der Waals surface area (Å²) in [5.74, 6) is -1.86. The molecule has 10 heteroatoms. The topological polar surface area (TPSA) is 58.6 Å². The van der Waals surface area contributed by atoms with Crippen molar-refractivity contribution in [1.29, 1.82) is 0 Å². The number of alkyl halides is 3. The third-order valence-corrected chi connectivity index (χ3v) is 4.63. The van der Waals surface area contributed by atoms with Gasteiger partial charge in [0.25, 0.3) is 5.91 Å². The Morgan fingerprint density at radius 3 is 2.43 bits per heavy atom. The van der Waals surface area contributed by atoms with Crippen LogP contribution in [0.15, 0.2) is 42.5 Å². The van der Waals surface area contributed by atoms with Crippen molar-refractivity contribution in [3.8, 4) is 5.75 Å². The van der Waals surface area contributed by atoms with Gasteiger partial charge >= 0.3 is 6.18 Å². The summed E-state index contributed by atoms with van der Waals surface area (Å²) in [5.41, 5.74) is 0.0258. The zero-order valence-electron chi connectivity index (χ0n) is 14.1. The normalized spacial score (nSPS) is 16.8. The molecule has 0 radical (unpaired) electrons. The molecule has 0 spiro atoms. The third kappa shape index (κ3) is 4.18. The van der Waals surface area contributed by atoms with Crippen LogP contribution < -0.4 is 15.0 Å². The predicted octanol–water partition coefficient (Wildman–Crippen LogP) is 4.68. The Balaban J connectivity index is 1.95. The number of anilines is 2. The number of hydrogen-bond donors (Lipinski definition) is 1. The van der Waals surface area contributed by atoms with E-state index in [1.54, 1.807) is 6.07 Å². The van der Waals surface area contributed by atoms with Crippen LogP contribution in [0.2, 0.25) is 10.0 Å². The summed E-state index contributed by atoms with van der Waals surface area (Å²) in [6, 6.07) is 7.89. The minimum atomic E-state index is -4.83. The number of carbonyl (C=O) groups is 2. The Kier molecular flexibility index (Phi) is 5.71. The number of amides is 2. The van der Waals surface area contributed by atoms with Crippen molar-refractivity contribution < 1.29 is 27.5 Å². The summed E-state index contributed by atoms with van der Waals surface area (Å²) in [5, 5.41) is 2.61. The smallest absolute Gasteiger partial charge is 0.409 e. The van der Waals surface area contributed by atoms with Gasteiger partial charge in [-0.15, -0.1) is 0 Å². The van der Waals surface area contributed by atoms with E-state index in [1.165, 1.54) is 36.4 Å². The second kappa shape index (κ2) is 7.89. The lowest BCUT2D eigenvalue weighted by molar-refractivity contribution is -0.158. The first-order valence-electron chi connectivity index (χ1n) is 8.03. The molecule has 0 fully saturated rings. The number of carbonyl (C=O) groups excluding carboxylic acids is 2. The maximum Gasteiger partial charge on any atom is 0.409 e. The minimum Gasteiger partial charge on any atom is -0.481 e. The van der Waals surface area contributed by atoms with Gasteiger partial charge in [0.05, 0.1) is 27.8 Å². The van der Waals surface area contributed by atoms with E-state index in [9.17, 15) is 22.8 Å². The van der Waals surface area contributed by atoms with Gasteiger partial charge in [-0.25, -0.2) is 0 Å². The third-order valence-electron chi connectivity index (χ3n) is 4.03. The molecule has 148 valence electrons. The molecule has 2 aromatic rings. The molecule has 0 aromatic heterocycles. The van der Waals surface area contributed by atoms with E-state index in [0.29, 0.717) is 4.90 Å². The number of fused-ring (bicyclic) bond motifs is 1. The van der Waals surface area contributed by atoms with Crippen molar-refractivity contribution in [1.82, 2.24) is 0 Å². The molecular formula is C18H13Cl2F3N2O3. The van der Waals surface area contributed by atoms with Crippen LogP contribution in [0.1, 0.15) is 6.42 Å². The highest BCUT2D eigenvalue weighted by atomic mass is 35.5. The van der Waals surface area contributed by atoms with Gasteiger partial charge < -0.3 is 10.1 Å². The van der Waals surface area contributed by atoms with Gasteiger partial charge in [0, 0.05) is 0 Å². The average molecular weight is 433 g/mol. The Morgan fingerprint density at radius 1 is 1.14 bits per heavy atom. The molecule has 0 bridgehead atoms. The van der Waals surface area contributed by atoms with E-state index in [4.69, 9.17) is 27.9 Å². The molecule has 1 aliphatic heterocycles. The van der Waals surface area contributed by atoms with Gasteiger partial charge in [0.15, 0.2) is 12.4 Å². The van der Waals surface area contributed by atoms with Crippen molar-refractivity contribution >= 4 is 46.4 Å². The van der Waals surface area contributed by atoms with Crippen LogP contribution in [-0.2, 0) is 9.59 Å². The van der Waals surface area contributed by atoms with Gasteiger partial charge in [-0.3, -0.25) is 14.5 Å². The number of hydrogen-bond acceptors (Lipinski definition) is 3. The second-order valence-electron chi connectivity index (χ2n) is 5.93. The molecule has 2 amide bonds. The molecule has 5 nitrogen and oxygen atoms in total. The molecule has 0 saturated carbocycles. The highest BCUT2D eigenvalue weighted by Gasteiger charge is 2.49. The number of rotatable bonds is 3. The summed E-state index contributed by atoms with van der Waals surface area (Å²) in [6.45, 7) is -0.751. The molecule has 0 saturated heterocycles. The first kappa shape index (κ1) is 20.3. The Labute approximate surface area is 168 Å². The van der Waals surface area contributed by atoms with Gasteiger partial charge in [-0.1, -0.05) is 41.4 Å². The first-order valence-corrected chi connectivity index (χ1v) is 8.78. The number of benzene rings is 2. The lowest BCUT2D eigenvalue weighted by Crippen LogP contribution is -2.51. The predicted molar refractivity (Wildman–Crippen MR) is 99.0 cm³/mol. The van der Waals surface area contributed by atoms with Crippen LogP contribution in [-0.4, -0.2) is 30.6 Å². The SMILES string of the molecule is O=C1CC(C(F)(F)F)N(C(=O)COc2c(Cl)cccc2Cl)c2ccccc2N1. The average Bonchev–Trinajstić information content (AvgIpc) is 2.76. The monoisotopic (exact) mass is 432 g/mol. The zero-order chi connectivity index (χ0) is 20.5. The molecule has 0 aliphatic carbocycles. The highest BCUT2D eigenvalue weighted by molar-refractivity contribution is 6.37. The van der Waals surface area contributed by atoms with Crippen LogP contribution >= 0.6 is 23.2 Å². The number of para-hydroxylation sites is 3. The summed E-state index contributed by atoms with van der Waals surface area (Å²) in [6.07, 6.45) is -5.76. The van der Waals surface area contributed by atoms with Crippen LogP contribution in [0.5, 0.6) is 5.75 Å². The minimum absolute atomic E-state index is 0.0138. The number of nitrogens with zero attached hydrogens (tertiary/aromatic N) is 1. The first-order chi connectivity index (χ1) is 13.2. The highest BCUT2D eigenvalue weighted by Crippen LogP contribution is 2.38. The van der Waals surface area contributed by atoms with E-state index in [2.05, 4.69) is 5.32 Å². The quantitative estimate of drug-likeness (QED) is 0.765. The molecular weight excluding hydrogens is 420 g/mol. The van der Waals surface area contributed by atoms with Gasteiger partial charge in [-0.2, -0.15) is 13.2 Å². The number of ether oxygens (including phenoxy) is 1. The molecule has 28 heavy (non-hydrogen) atoms. The Hall–Kier alpha value is -2.45. The van der Waals surface area contributed by atoms with Crippen LogP contribution in [0, 0.1) is 0 Å². The molecule has 1 aliphatic rings. The molecule has 3 rings (SSSR count). The van der Waals surface area contributed by atoms with Gasteiger partial charge in [0.1, 0.15) is 6.04 Å². The second-order valence-corrected chi connectivity index (χ2v) is 6.74. The largest absolute Gasteiger partial charge is 0.481 e. The van der Waals surface area contributed by atoms with Gasteiger partial charge in [0.2, 0.25) is 5.91 Å². The van der Waals surface area contributed by atoms with Gasteiger partial charge in [-0.05, 0) is 24.3 Å². The Morgan fingerprint density at radius 2 is 1.79 bits per heavy atom. The molecule has 2 aromatic carbocycles. The lowest BCUT2D eigenvalue weighted by atomic mass is 10.1. The van der Waals surface area contributed by atoms with Crippen LogP contribution in [0.3, 0.4) is 0 Å².